The van der Waals surface area contributed by atoms with E-state index in [4.69, 9.17) is 0 Å². The molecular weight excluding hydrogens is 374 g/mol. The topological polar surface area (TPSA) is 65.4 Å². The van der Waals surface area contributed by atoms with Crippen LogP contribution in [0.1, 0.15) is 49.8 Å². The summed E-state index contributed by atoms with van der Waals surface area (Å²) in [5.74, 6) is 1.01. The SMILES string of the molecule is CC(c1ccc2nccnc2c1)N1CCN(c2ccc(C3(O)CCCC3)cn2)CC1. The third kappa shape index (κ3) is 3.66. The van der Waals surface area contributed by atoms with Gasteiger partial charge in [0.25, 0.3) is 0 Å². The van der Waals surface area contributed by atoms with Crippen LogP contribution < -0.4 is 4.90 Å². The highest BCUT2D eigenvalue weighted by Crippen LogP contribution is 2.38. The summed E-state index contributed by atoms with van der Waals surface area (Å²) in [6.07, 6.45) is 9.27. The Labute approximate surface area is 177 Å². The van der Waals surface area contributed by atoms with Crippen LogP contribution >= 0.6 is 0 Å². The Balaban J connectivity index is 1.23. The molecule has 0 spiro atoms. The molecule has 2 aromatic heterocycles. The summed E-state index contributed by atoms with van der Waals surface area (Å²) in [5, 5.41) is 10.8. The van der Waals surface area contributed by atoms with E-state index in [2.05, 4.69) is 62.0 Å². The van der Waals surface area contributed by atoms with Gasteiger partial charge >= 0.3 is 0 Å². The van der Waals surface area contributed by atoms with Crippen molar-refractivity contribution < 1.29 is 5.11 Å². The zero-order valence-electron chi connectivity index (χ0n) is 17.5. The number of anilines is 1. The van der Waals surface area contributed by atoms with Gasteiger partial charge < -0.3 is 10.0 Å². The highest BCUT2D eigenvalue weighted by Gasteiger charge is 2.33. The molecule has 1 atom stereocenters. The van der Waals surface area contributed by atoms with Crippen LogP contribution in [0, 0.1) is 0 Å². The Hall–Kier alpha value is -2.57. The van der Waals surface area contributed by atoms with Gasteiger partial charge in [-0.25, -0.2) is 4.98 Å². The standard InChI is InChI=1S/C24H29N5O/c1-18(19-4-6-21-22(16-19)26-11-10-25-21)28-12-14-29(15-13-28)23-7-5-20(17-27-23)24(30)8-2-3-9-24/h4-7,10-11,16-18,30H,2-3,8-9,12-15H2,1H3. The summed E-state index contributed by atoms with van der Waals surface area (Å²) in [5.41, 5.74) is 3.48. The summed E-state index contributed by atoms with van der Waals surface area (Å²) in [6, 6.07) is 10.9. The molecule has 156 valence electrons. The maximum Gasteiger partial charge on any atom is 0.128 e. The molecule has 1 unspecified atom stereocenters. The summed E-state index contributed by atoms with van der Waals surface area (Å²) in [7, 11) is 0. The number of benzene rings is 1. The van der Waals surface area contributed by atoms with Crippen molar-refractivity contribution in [2.45, 2.75) is 44.2 Å². The number of nitrogens with zero attached hydrogens (tertiary/aromatic N) is 5. The molecule has 3 heterocycles. The zero-order chi connectivity index (χ0) is 20.6. The Morgan fingerprint density at radius 3 is 2.33 bits per heavy atom. The van der Waals surface area contributed by atoms with Crippen LogP contribution in [0.3, 0.4) is 0 Å². The van der Waals surface area contributed by atoms with Crippen molar-refractivity contribution in [3.63, 3.8) is 0 Å². The minimum Gasteiger partial charge on any atom is -0.385 e. The molecule has 3 aromatic rings. The molecule has 1 aliphatic heterocycles. The molecule has 1 N–H and O–H groups in total. The highest BCUT2D eigenvalue weighted by molar-refractivity contribution is 5.74. The van der Waals surface area contributed by atoms with Gasteiger partial charge in [0.15, 0.2) is 0 Å². The average molecular weight is 404 g/mol. The van der Waals surface area contributed by atoms with Gasteiger partial charge in [0, 0.05) is 56.4 Å². The first-order valence-electron chi connectivity index (χ1n) is 11.0. The zero-order valence-corrected chi connectivity index (χ0v) is 17.5. The number of fused-ring (bicyclic) bond motifs is 1. The number of piperazine rings is 1. The van der Waals surface area contributed by atoms with Gasteiger partial charge in [-0.05, 0) is 43.5 Å². The van der Waals surface area contributed by atoms with Crippen LogP contribution in [0.2, 0.25) is 0 Å². The lowest BCUT2D eigenvalue weighted by molar-refractivity contribution is 0.0441. The lowest BCUT2D eigenvalue weighted by Crippen LogP contribution is -2.47. The number of pyridine rings is 1. The smallest absolute Gasteiger partial charge is 0.128 e. The van der Waals surface area contributed by atoms with Gasteiger partial charge in [0.1, 0.15) is 5.82 Å². The third-order valence-corrected chi connectivity index (χ3v) is 6.88. The van der Waals surface area contributed by atoms with Crippen molar-refractivity contribution in [2.24, 2.45) is 0 Å². The summed E-state index contributed by atoms with van der Waals surface area (Å²) in [4.78, 5) is 18.4. The second-order valence-electron chi connectivity index (χ2n) is 8.65. The number of aromatic nitrogens is 3. The van der Waals surface area contributed by atoms with Crippen LogP contribution in [-0.4, -0.2) is 51.1 Å². The molecule has 6 nitrogen and oxygen atoms in total. The fourth-order valence-corrected chi connectivity index (χ4v) is 4.89. The van der Waals surface area contributed by atoms with E-state index in [-0.39, 0.29) is 0 Å². The van der Waals surface area contributed by atoms with E-state index < -0.39 is 5.60 Å². The van der Waals surface area contributed by atoms with E-state index in [0.29, 0.717) is 6.04 Å². The average Bonchev–Trinajstić information content (AvgIpc) is 3.26. The van der Waals surface area contributed by atoms with Crippen molar-refractivity contribution in [3.05, 3.63) is 60.0 Å². The van der Waals surface area contributed by atoms with Crippen molar-refractivity contribution in [3.8, 4) is 0 Å². The van der Waals surface area contributed by atoms with E-state index in [9.17, 15) is 5.11 Å². The van der Waals surface area contributed by atoms with E-state index in [1.165, 1.54) is 5.56 Å². The van der Waals surface area contributed by atoms with E-state index in [0.717, 1.165) is 74.3 Å². The van der Waals surface area contributed by atoms with E-state index in [1.807, 2.05) is 6.20 Å². The number of hydrogen-bond donors (Lipinski definition) is 1. The first kappa shape index (κ1) is 19.4. The van der Waals surface area contributed by atoms with Crippen LogP contribution in [0.4, 0.5) is 5.82 Å². The van der Waals surface area contributed by atoms with Gasteiger partial charge in [0.2, 0.25) is 0 Å². The lowest BCUT2D eigenvalue weighted by Gasteiger charge is -2.39. The molecule has 0 bridgehead atoms. The predicted octanol–water partition coefficient (Wildman–Crippen LogP) is 3.67. The quantitative estimate of drug-likeness (QED) is 0.717. The maximum atomic E-state index is 10.8. The minimum absolute atomic E-state index is 0.338. The third-order valence-electron chi connectivity index (χ3n) is 6.88. The molecule has 1 saturated heterocycles. The fraction of sp³-hybridized carbons (Fsp3) is 0.458. The van der Waals surface area contributed by atoms with Crippen molar-refractivity contribution in [2.75, 3.05) is 31.1 Å². The molecular formula is C24H29N5O. The van der Waals surface area contributed by atoms with Crippen LogP contribution in [-0.2, 0) is 5.60 Å². The van der Waals surface area contributed by atoms with Crippen molar-refractivity contribution in [1.82, 2.24) is 19.9 Å². The maximum absolute atomic E-state index is 10.8. The fourth-order valence-electron chi connectivity index (χ4n) is 4.89. The normalized spacial score (nSPS) is 20.5. The summed E-state index contributed by atoms with van der Waals surface area (Å²) in [6.45, 7) is 6.16. The number of aliphatic hydroxyl groups is 1. The van der Waals surface area contributed by atoms with E-state index >= 15 is 0 Å². The first-order chi connectivity index (χ1) is 14.6. The van der Waals surface area contributed by atoms with Crippen LogP contribution in [0.25, 0.3) is 11.0 Å². The Morgan fingerprint density at radius 1 is 0.900 bits per heavy atom. The van der Waals surface area contributed by atoms with Crippen molar-refractivity contribution in [1.29, 1.82) is 0 Å². The van der Waals surface area contributed by atoms with Gasteiger partial charge in [-0.3, -0.25) is 14.9 Å². The van der Waals surface area contributed by atoms with Crippen LogP contribution in [0.5, 0.6) is 0 Å². The Morgan fingerprint density at radius 2 is 1.63 bits per heavy atom. The van der Waals surface area contributed by atoms with Gasteiger partial charge in [-0.15, -0.1) is 0 Å². The molecule has 2 aliphatic rings. The second-order valence-corrected chi connectivity index (χ2v) is 8.65. The summed E-state index contributed by atoms with van der Waals surface area (Å²) >= 11 is 0. The second kappa shape index (κ2) is 7.93. The molecule has 1 aliphatic carbocycles. The monoisotopic (exact) mass is 403 g/mol. The largest absolute Gasteiger partial charge is 0.385 e. The molecule has 5 rings (SSSR count). The minimum atomic E-state index is -0.663. The molecule has 0 radical (unpaired) electrons. The van der Waals surface area contributed by atoms with Gasteiger partial charge in [-0.2, -0.15) is 0 Å². The Bertz CT molecular complexity index is 1010. The van der Waals surface area contributed by atoms with Gasteiger partial charge in [0.05, 0.1) is 16.6 Å². The lowest BCUT2D eigenvalue weighted by atomic mass is 9.94. The molecule has 1 aromatic carbocycles. The molecule has 6 heteroatoms. The molecule has 1 saturated carbocycles. The molecule has 2 fully saturated rings. The van der Waals surface area contributed by atoms with Crippen molar-refractivity contribution >= 4 is 16.9 Å². The predicted molar refractivity (Wildman–Crippen MR) is 118 cm³/mol. The van der Waals surface area contributed by atoms with Crippen LogP contribution in [0.15, 0.2) is 48.9 Å². The highest BCUT2D eigenvalue weighted by atomic mass is 16.3. The number of rotatable bonds is 4. The Kier molecular flexibility index (Phi) is 5.13. The molecule has 30 heavy (non-hydrogen) atoms. The molecule has 0 amide bonds. The first-order valence-corrected chi connectivity index (χ1v) is 11.0. The van der Waals surface area contributed by atoms with E-state index in [1.54, 1.807) is 12.4 Å². The number of hydrogen-bond acceptors (Lipinski definition) is 6. The summed E-state index contributed by atoms with van der Waals surface area (Å²) < 4.78 is 0. The van der Waals surface area contributed by atoms with Gasteiger partial charge in [-0.1, -0.05) is 25.0 Å².